The normalized spacial score (nSPS) is 15.0. The van der Waals surface area contributed by atoms with Gasteiger partial charge in [-0.05, 0) is 61.7 Å². The average Bonchev–Trinajstić information content (AvgIpc) is 3.32. The third-order valence-corrected chi connectivity index (χ3v) is 8.10. The molecule has 1 fully saturated rings. The number of rotatable bonds is 5. The molecule has 11 heteroatoms. The van der Waals surface area contributed by atoms with Gasteiger partial charge in [0.05, 0.1) is 10.7 Å². The number of benzene rings is 2. The molecule has 0 aliphatic heterocycles. The van der Waals surface area contributed by atoms with Crippen molar-refractivity contribution in [1.82, 2.24) is 19.7 Å². The van der Waals surface area contributed by atoms with Crippen molar-refractivity contribution in [1.29, 1.82) is 0 Å². The second kappa shape index (κ2) is 8.62. The summed E-state index contributed by atoms with van der Waals surface area (Å²) in [6, 6.07) is 12.8. The lowest BCUT2D eigenvalue weighted by Gasteiger charge is -2.15. The number of nitrogens with zero attached hydrogens (tertiary/aromatic N) is 4. The predicted octanol–water partition coefficient (Wildman–Crippen LogP) is 8.28. The fourth-order valence-electron chi connectivity index (χ4n) is 3.93. The number of aromatic nitrogens is 4. The fraction of sp³-hybridized carbons (Fsp3) is 0.261. The van der Waals surface area contributed by atoms with E-state index in [9.17, 15) is 13.2 Å². The molecule has 4 aromatic rings. The number of imidazole rings is 1. The van der Waals surface area contributed by atoms with Crippen LogP contribution in [-0.4, -0.2) is 25.9 Å². The van der Waals surface area contributed by atoms with E-state index in [1.165, 1.54) is 0 Å². The summed E-state index contributed by atoms with van der Waals surface area (Å²) in [5, 5.41) is 9.32. The van der Waals surface area contributed by atoms with E-state index >= 15 is 0 Å². The first-order valence-electron chi connectivity index (χ1n) is 10.4. The van der Waals surface area contributed by atoms with Gasteiger partial charge in [-0.1, -0.05) is 57.4 Å². The molecule has 176 valence electrons. The van der Waals surface area contributed by atoms with E-state index in [-0.39, 0.29) is 17.8 Å². The largest absolute Gasteiger partial charge is 0.400 e. The van der Waals surface area contributed by atoms with Gasteiger partial charge in [0.2, 0.25) is 0 Å². The summed E-state index contributed by atoms with van der Waals surface area (Å²) in [6.45, 7) is 1.96. The summed E-state index contributed by atoms with van der Waals surface area (Å²) in [4.78, 5) is 4.84. The van der Waals surface area contributed by atoms with Crippen LogP contribution >= 0.6 is 50.5 Å². The van der Waals surface area contributed by atoms with E-state index in [0.717, 1.165) is 27.2 Å². The van der Waals surface area contributed by atoms with Crippen molar-refractivity contribution in [2.45, 2.75) is 37.8 Å². The van der Waals surface area contributed by atoms with Gasteiger partial charge in [0, 0.05) is 20.7 Å². The van der Waals surface area contributed by atoms with Crippen molar-refractivity contribution < 1.29 is 13.2 Å². The van der Waals surface area contributed by atoms with Crippen LogP contribution in [0.2, 0.25) is 10.0 Å². The van der Waals surface area contributed by atoms with Crippen LogP contribution in [0, 0.1) is 0 Å². The molecule has 1 aliphatic rings. The molecule has 4 nitrogen and oxygen atoms in total. The molecule has 2 aromatic carbocycles. The second-order valence-electron chi connectivity index (χ2n) is 8.01. The monoisotopic (exact) mass is 586 g/mol. The summed E-state index contributed by atoms with van der Waals surface area (Å²) >= 11 is 17.0. The molecule has 5 rings (SSSR count). The Morgan fingerprint density at radius 1 is 1.09 bits per heavy atom. The van der Waals surface area contributed by atoms with Gasteiger partial charge in [0.25, 0.3) is 0 Å². The maximum absolute atomic E-state index is 13.6. The summed E-state index contributed by atoms with van der Waals surface area (Å²) in [7, 11) is 0. The Morgan fingerprint density at radius 3 is 2.38 bits per heavy atom. The quantitative estimate of drug-likeness (QED) is 0.236. The Labute approximate surface area is 215 Å². The highest BCUT2D eigenvalue weighted by Gasteiger charge is 2.66. The first-order valence-corrected chi connectivity index (χ1v) is 12.7. The van der Waals surface area contributed by atoms with E-state index < -0.39 is 11.6 Å². The third kappa shape index (κ3) is 3.96. The zero-order chi connectivity index (χ0) is 24.3. The molecule has 2 heterocycles. The van der Waals surface area contributed by atoms with Gasteiger partial charge in [-0.2, -0.15) is 13.2 Å². The Balaban J connectivity index is 1.71. The van der Waals surface area contributed by atoms with Crippen molar-refractivity contribution in [2.24, 2.45) is 0 Å². The molecule has 0 spiro atoms. The SMILES string of the molecule is CCc1c(-c2nnc(C3(C(F)(F)F)CC3)s2)nc(-c2ccc(Cl)cc2Cl)n1-c1ccc(Br)cc1. The minimum absolute atomic E-state index is 0.0127. The maximum Gasteiger partial charge on any atom is 0.400 e. The van der Waals surface area contributed by atoms with E-state index in [2.05, 4.69) is 26.1 Å². The fourth-order valence-corrected chi connectivity index (χ4v) is 5.81. The molecule has 0 unspecified atom stereocenters. The summed E-state index contributed by atoms with van der Waals surface area (Å²) in [6.07, 6.45) is -3.73. The van der Waals surface area contributed by atoms with E-state index in [1.807, 2.05) is 35.8 Å². The zero-order valence-electron chi connectivity index (χ0n) is 17.6. The lowest BCUT2D eigenvalue weighted by Crippen LogP contribution is -2.28. The minimum Gasteiger partial charge on any atom is -0.296 e. The van der Waals surface area contributed by atoms with Crippen molar-refractivity contribution in [3.63, 3.8) is 0 Å². The van der Waals surface area contributed by atoms with Gasteiger partial charge in [-0.3, -0.25) is 4.57 Å². The van der Waals surface area contributed by atoms with Gasteiger partial charge in [0.15, 0.2) is 5.01 Å². The molecule has 0 N–H and O–H groups in total. The average molecular weight is 588 g/mol. The van der Waals surface area contributed by atoms with Gasteiger partial charge in [-0.25, -0.2) is 4.98 Å². The lowest BCUT2D eigenvalue weighted by atomic mass is 10.1. The molecule has 0 saturated heterocycles. The third-order valence-electron chi connectivity index (χ3n) is 5.89. The van der Waals surface area contributed by atoms with Crippen LogP contribution in [0.15, 0.2) is 46.9 Å². The van der Waals surface area contributed by atoms with Crippen LogP contribution in [0.4, 0.5) is 13.2 Å². The van der Waals surface area contributed by atoms with Gasteiger partial charge >= 0.3 is 6.18 Å². The molecular formula is C23H16BrCl2F3N4S. The van der Waals surface area contributed by atoms with Gasteiger partial charge < -0.3 is 0 Å². The van der Waals surface area contributed by atoms with Crippen molar-refractivity contribution in [3.05, 3.63) is 67.7 Å². The highest BCUT2D eigenvalue weighted by molar-refractivity contribution is 9.10. The van der Waals surface area contributed by atoms with E-state index in [1.54, 1.807) is 18.2 Å². The number of halogens is 6. The molecule has 0 radical (unpaired) electrons. The first kappa shape index (κ1) is 23.8. The zero-order valence-corrected chi connectivity index (χ0v) is 21.5. The Kier molecular flexibility index (Phi) is 6.03. The van der Waals surface area contributed by atoms with Crippen LogP contribution in [0.1, 0.15) is 30.5 Å². The highest BCUT2D eigenvalue weighted by Crippen LogP contribution is 2.59. The number of alkyl halides is 3. The van der Waals surface area contributed by atoms with Crippen LogP contribution in [0.25, 0.3) is 27.8 Å². The number of hydrogen-bond donors (Lipinski definition) is 0. The van der Waals surface area contributed by atoms with Crippen LogP contribution in [-0.2, 0) is 11.8 Å². The standard InChI is InChI=1S/C23H16BrCl2F3N4S/c1-2-17-18(20-31-32-21(34-20)22(9-10-22)23(27,28)29)30-19(15-8-5-13(25)11-16(15)26)33(17)14-6-3-12(24)4-7-14/h3-8,11H,2,9-10H2,1H3. The van der Waals surface area contributed by atoms with Gasteiger partial charge in [0.1, 0.15) is 21.9 Å². The van der Waals surface area contributed by atoms with Crippen molar-refractivity contribution >= 4 is 50.5 Å². The highest BCUT2D eigenvalue weighted by atomic mass is 79.9. The topological polar surface area (TPSA) is 43.6 Å². The Hall–Kier alpha value is -1.94. The summed E-state index contributed by atoms with van der Waals surface area (Å²) in [5.41, 5.74) is 0.884. The van der Waals surface area contributed by atoms with Crippen molar-refractivity contribution in [2.75, 3.05) is 0 Å². The van der Waals surface area contributed by atoms with E-state index in [0.29, 0.717) is 38.6 Å². The second-order valence-corrected chi connectivity index (χ2v) is 10.7. The van der Waals surface area contributed by atoms with Crippen LogP contribution in [0.5, 0.6) is 0 Å². The Bertz CT molecular complexity index is 1380. The van der Waals surface area contributed by atoms with Crippen LogP contribution in [0.3, 0.4) is 0 Å². The molecule has 0 amide bonds. The first-order chi connectivity index (χ1) is 16.1. The van der Waals surface area contributed by atoms with Crippen molar-refractivity contribution in [3.8, 4) is 27.8 Å². The minimum atomic E-state index is -4.35. The molecule has 34 heavy (non-hydrogen) atoms. The Morgan fingerprint density at radius 2 is 1.79 bits per heavy atom. The summed E-state index contributed by atoms with van der Waals surface area (Å²) < 4.78 is 43.8. The molecule has 2 aromatic heterocycles. The number of hydrogen-bond acceptors (Lipinski definition) is 4. The summed E-state index contributed by atoms with van der Waals surface area (Å²) in [5.74, 6) is 0.546. The smallest absolute Gasteiger partial charge is 0.296 e. The molecule has 1 aliphatic carbocycles. The predicted molar refractivity (Wildman–Crippen MR) is 132 cm³/mol. The molecular weight excluding hydrogens is 572 g/mol. The molecule has 0 bridgehead atoms. The molecule has 1 saturated carbocycles. The van der Waals surface area contributed by atoms with Crippen LogP contribution < -0.4 is 0 Å². The van der Waals surface area contributed by atoms with Gasteiger partial charge in [-0.15, -0.1) is 10.2 Å². The lowest BCUT2D eigenvalue weighted by molar-refractivity contribution is -0.160. The van der Waals surface area contributed by atoms with E-state index in [4.69, 9.17) is 28.2 Å². The maximum atomic E-state index is 13.6. The molecule has 0 atom stereocenters.